The molecule has 1 aliphatic rings. The van der Waals surface area contributed by atoms with Gasteiger partial charge < -0.3 is 10.0 Å². The maximum absolute atomic E-state index is 12.9. The monoisotopic (exact) mass is 312 g/mol. The second-order valence-electron chi connectivity index (χ2n) is 6.17. The Morgan fingerprint density at radius 3 is 2.74 bits per heavy atom. The molecule has 0 radical (unpaired) electrons. The van der Waals surface area contributed by atoms with E-state index in [-0.39, 0.29) is 5.91 Å². The van der Waals surface area contributed by atoms with Crippen LogP contribution in [0.1, 0.15) is 40.9 Å². The lowest BCUT2D eigenvalue weighted by Crippen LogP contribution is -2.48. The minimum Gasteiger partial charge on any atom is -0.480 e. The van der Waals surface area contributed by atoms with E-state index in [0.29, 0.717) is 24.2 Å². The third-order valence-electron chi connectivity index (χ3n) is 4.44. The van der Waals surface area contributed by atoms with E-state index in [1.165, 1.54) is 4.90 Å². The molecule has 1 amide bonds. The second kappa shape index (κ2) is 5.99. The summed E-state index contributed by atoms with van der Waals surface area (Å²) in [6.07, 6.45) is 2.20. The number of rotatable bonds is 2. The fourth-order valence-corrected chi connectivity index (χ4v) is 3.19. The Labute approximate surface area is 134 Å². The van der Waals surface area contributed by atoms with Crippen molar-refractivity contribution in [2.24, 2.45) is 0 Å². The number of aryl methyl sites for hydroxylation is 2. The molecule has 2 heterocycles. The molecule has 0 unspecified atom stereocenters. The van der Waals surface area contributed by atoms with E-state index in [1.54, 1.807) is 6.92 Å². The van der Waals surface area contributed by atoms with Crippen molar-refractivity contribution in [3.8, 4) is 0 Å². The zero-order valence-electron chi connectivity index (χ0n) is 13.4. The number of pyridine rings is 1. The molecule has 1 atom stereocenters. The van der Waals surface area contributed by atoms with E-state index in [4.69, 9.17) is 0 Å². The smallest absolute Gasteiger partial charge is 0.326 e. The molecule has 1 N–H and O–H groups in total. The number of piperidine rings is 1. The molecule has 1 aromatic heterocycles. The molecule has 3 rings (SSSR count). The molecule has 1 fully saturated rings. The highest BCUT2D eigenvalue weighted by molar-refractivity contribution is 6.00. The molecular formula is C18H20N2O3. The summed E-state index contributed by atoms with van der Waals surface area (Å²) in [5.41, 5.74) is 3.08. The zero-order valence-corrected chi connectivity index (χ0v) is 13.4. The summed E-state index contributed by atoms with van der Waals surface area (Å²) in [7, 11) is 0. The van der Waals surface area contributed by atoms with Gasteiger partial charge in [0, 0.05) is 11.9 Å². The van der Waals surface area contributed by atoms with Gasteiger partial charge in [0.05, 0.1) is 16.8 Å². The first-order valence-electron chi connectivity index (χ1n) is 7.89. The van der Waals surface area contributed by atoms with Crippen molar-refractivity contribution in [2.75, 3.05) is 6.54 Å². The fraction of sp³-hybridized carbons (Fsp3) is 0.389. The number of benzene rings is 1. The van der Waals surface area contributed by atoms with Gasteiger partial charge in [-0.1, -0.05) is 11.6 Å². The van der Waals surface area contributed by atoms with Gasteiger partial charge in [0.2, 0.25) is 0 Å². The number of carbonyl (C=O) groups is 2. The number of fused-ring (bicyclic) bond motifs is 1. The number of nitrogens with zero attached hydrogens (tertiary/aromatic N) is 2. The van der Waals surface area contributed by atoms with Crippen molar-refractivity contribution in [3.63, 3.8) is 0 Å². The Morgan fingerprint density at radius 1 is 1.22 bits per heavy atom. The number of carbonyl (C=O) groups excluding carboxylic acids is 1. The van der Waals surface area contributed by atoms with Crippen molar-refractivity contribution < 1.29 is 14.7 Å². The summed E-state index contributed by atoms with van der Waals surface area (Å²) in [5, 5.41) is 10.3. The van der Waals surface area contributed by atoms with Crippen LogP contribution in [0, 0.1) is 13.8 Å². The number of aliphatic carboxylic acids is 1. The van der Waals surface area contributed by atoms with Crippen molar-refractivity contribution in [1.29, 1.82) is 0 Å². The summed E-state index contributed by atoms with van der Waals surface area (Å²) in [6, 6.07) is 7.02. The second-order valence-corrected chi connectivity index (χ2v) is 6.17. The maximum atomic E-state index is 12.9. The molecular weight excluding hydrogens is 292 g/mol. The van der Waals surface area contributed by atoms with Gasteiger partial charge in [-0.2, -0.15) is 0 Å². The van der Waals surface area contributed by atoms with Crippen molar-refractivity contribution in [1.82, 2.24) is 9.88 Å². The number of hydrogen-bond acceptors (Lipinski definition) is 3. The molecule has 0 bridgehead atoms. The fourth-order valence-electron chi connectivity index (χ4n) is 3.19. The molecule has 5 heteroatoms. The number of carboxylic acids is 1. The first kappa shape index (κ1) is 15.5. The van der Waals surface area contributed by atoms with Crippen LogP contribution in [0.3, 0.4) is 0 Å². The molecule has 1 saturated heterocycles. The van der Waals surface area contributed by atoms with Gasteiger partial charge in [-0.25, -0.2) is 4.79 Å². The van der Waals surface area contributed by atoms with Crippen LogP contribution in [-0.2, 0) is 4.79 Å². The number of carboxylic acid groups (broad SMARTS) is 1. The normalized spacial score (nSPS) is 18.2. The predicted molar refractivity (Wildman–Crippen MR) is 87.5 cm³/mol. The van der Waals surface area contributed by atoms with Crippen LogP contribution in [0.2, 0.25) is 0 Å². The quantitative estimate of drug-likeness (QED) is 0.925. The van der Waals surface area contributed by atoms with Crippen LogP contribution in [0.4, 0.5) is 0 Å². The Kier molecular flexibility index (Phi) is 4.03. The van der Waals surface area contributed by atoms with Crippen LogP contribution >= 0.6 is 0 Å². The number of hydrogen-bond donors (Lipinski definition) is 1. The third-order valence-corrected chi connectivity index (χ3v) is 4.44. The summed E-state index contributed by atoms with van der Waals surface area (Å²) in [6.45, 7) is 4.28. The molecule has 2 aromatic rings. The topological polar surface area (TPSA) is 70.5 Å². The molecule has 0 aliphatic carbocycles. The van der Waals surface area contributed by atoms with Gasteiger partial charge in [0.15, 0.2) is 0 Å². The Bertz CT molecular complexity index is 785. The van der Waals surface area contributed by atoms with E-state index in [2.05, 4.69) is 4.98 Å². The van der Waals surface area contributed by atoms with Crippen molar-refractivity contribution in [3.05, 3.63) is 41.1 Å². The minimum absolute atomic E-state index is 0.231. The van der Waals surface area contributed by atoms with E-state index in [9.17, 15) is 14.7 Å². The van der Waals surface area contributed by atoms with Crippen LogP contribution in [0.5, 0.6) is 0 Å². The SMILES string of the molecule is Cc1ccc2nc(C)c(C(=O)N3CCCC[C@@H]3C(=O)O)cc2c1. The van der Waals surface area contributed by atoms with E-state index < -0.39 is 12.0 Å². The highest BCUT2D eigenvalue weighted by Gasteiger charge is 2.33. The molecule has 120 valence electrons. The Balaban J connectivity index is 2.02. The van der Waals surface area contributed by atoms with Crippen LogP contribution < -0.4 is 0 Å². The third kappa shape index (κ3) is 2.91. The Hall–Kier alpha value is -2.43. The zero-order chi connectivity index (χ0) is 16.6. The van der Waals surface area contributed by atoms with Gasteiger partial charge in [-0.15, -0.1) is 0 Å². The van der Waals surface area contributed by atoms with Gasteiger partial charge in [0.1, 0.15) is 6.04 Å². The highest BCUT2D eigenvalue weighted by atomic mass is 16.4. The van der Waals surface area contributed by atoms with E-state index in [0.717, 1.165) is 29.3 Å². The molecule has 5 nitrogen and oxygen atoms in total. The number of likely N-dealkylation sites (tertiary alicyclic amines) is 1. The lowest BCUT2D eigenvalue weighted by molar-refractivity contribution is -0.143. The maximum Gasteiger partial charge on any atom is 0.326 e. The largest absolute Gasteiger partial charge is 0.480 e. The lowest BCUT2D eigenvalue weighted by atomic mass is 10.00. The lowest BCUT2D eigenvalue weighted by Gasteiger charge is -2.33. The van der Waals surface area contributed by atoms with Gasteiger partial charge in [0.25, 0.3) is 5.91 Å². The molecule has 1 aliphatic heterocycles. The average Bonchev–Trinajstić information content (AvgIpc) is 2.54. The van der Waals surface area contributed by atoms with Crippen molar-refractivity contribution in [2.45, 2.75) is 39.2 Å². The molecule has 0 spiro atoms. The highest BCUT2D eigenvalue weighted by Crippen LogP contribution is 2.23. The van der Waals surface area contributed by atoms with Gasteiger partial charge in [-0.3, -0.25) is 9.78 Å². The number of amides is 1. The first-order chi connectivity index (χ1) is 11.0. The summed E-state index contributed by atoms with van der Waals surface area (Å²) < 4.78 is 0. The van der Waals surface area contributed by atoms with Crippen LogP contribution in [0.25, 0.3) is 10.9 Å². The van der Waals surface area contributed by atoms with Crippen molar-refractivity contribution >= 4 is 22.8 Å². The first-order valence-corrected chi connectivity index (χ1v) is 7.89. The van der Waals surface area contributed by atoms with Crippen LogP contribution in [0.15, 0.2) is 24.3 Å². The van der Waals surface area contributed by atoms with Crippen LogP contribution in [-0.4, -0.2) is 39.5 Å². The summed E-state index contributed by atoms with van der Waals surface area (Å²) in [5.74, 6) is -1.16. The predicted octanol–water partition coefficient (Wildman–Crippen LogP) is 2.93. The standard InChI is InChI=1S/C18H20N2O3/c1-11-6-7-15-13(9-11)10-14(12(2)19-15)17(21)20-8-4-3-5-16(20)18(22)23/h6-7,9-10,16H,3-5,8H2,1-2H3,(H,22,23)/t16-/m1/s1. The number of aromatic nitrogens is 1. The van der Waals surface area contributed by atoms with Gasteiger partial charge >= 0.3 is 5.97 Å². The summed E-state index contributed by atoms with van der Waals surface area (Å²) >= 11 is 0. The van der Waals surface area contributed by atoms with Gasteiger partial charge in [-0.05, 0) is 51.3 Å². The van der Waals surface area contributed by atoms with E-state index in [1.807, 2.05) is 31.2 Å². The average molecular weight is 312 g/mol. The summed E-state index contributed by atoms with van der Waals surface area (Å²) in [4.78, 5) is 30.3. The van der Waals surface area contributed by atoms with E-state index >= 15 is 0 Å². The molecule has 1 aromatic carbocycles. The molecule has 23 heavy (non-hydrogen) atoms. The minimum atomic E-state index is -0.930. The Morgan fingerprint density at radius 2 is 2.00 bits per heavy atom. The molecule has 0 saturated carbocycles.